The first-order valence-corrected chi connectivity index (χ1v) is 8.45. The fraction of sp³-hybridized carbons (Fsp3) is 0.278. The first kappa shape index (κ1) is 15.3. The molecule has 4 aromatic heterocycles. The molecule has 0 saturated heterocycles. The van der Waals surface area contributed by atoms with Crippen molar-refractivity contribution in [1.82, 2.24) is 24.3 Å². The molecule has 5 rings (SSSR count). The Labute approximate surface area is 147 Å². The molecule has 0 radical (unpaired) electrons. The first-order valence-electron chi connectivity index (χ1n) is 8.45. The van der Waals surface area contributed by atoms with E-state index in [1.807, 2.05) is 19.2 Å². The van der Waals surface area contributed by atoms with Crippen LogP contribution in [0.2, 0.25) is 0 Å². The molecular weight excluding hydrogens is 335 g/mol. The van der Waals surface area contributed by atoms with Crippen LogP contribution in [0.5, 0.6) is 0 Å². The number of nitrogens with one attached hydrogen (secondary N) is 2. The van der Waals surface area contributed by atoms with Gasteiger partial charge in [0.15, 0.2) is 0 Å². The van der Waals surface area contributed by atoms with Crippen LogP contribution < -0.4 is 5.32 Å². The monoisotopic (exact) mass is 352 g/mol. The summed E-state index contributed by atoms with van der Waals surface area (Å²) in [7, 11) is 0. The van der Waals surface area contributed by atoms with E-state index in [2.05, 4.69) is 25.3 Å². The molecule has 1 fully saturated rings. The van der Waals surface area contributed by atoms with Gasteiger partial charge in [0.1, 0.15) is 11.3 Å². The van der Waals surface area contributed by atoms with Gasteiger partial charge in [-0.1, -0.05) is 0 Å². The lowest BCUT2D eigenvalue weighted by molar-refractivity contribution is -0.0235. The molecule has 1 saturated carbocycles. The van der Waals surface area contributed by atoms with Crippen molar-refractivity contribution in [2.24, 2.45) is 0 Å². The zero-order valence-corrected chi connectivity index (χ0v) is 14.1. The van der Waals surface area contributed by atoms with Gasteiger partial charge in [0.05, 0.1) is 11.8 Å². The molecule has 0 amide bonds. The molecule has 0 atom stereocenters. The fourth-order valence-corrected chi connectivity index (χ4v) is 3.61. The molecule has 0 unspecified atom stereocenters. The highest BCUT2D eigenvalue weighted by Gasteiger charge is 2.38. The quantitative estimate of drug-likeness (QED) is 0.527. The number of hydrogen-bond acceptors (Lipinski definition) is 5. The highest BCUT2D eigenvalue weighted by Crippen LogP contribution is 2.34. The van der Waals surface area contributed by atoms with Crippen LogP contribution in [-0.4, -0.2) is 41.1 Å². The van der Waals surface area contributed by atoms with E-state index in [-0.39, 0.29) is 6.04 Å². The Morgan fingerprint density at radius 1 is 1.31 bits per heavy atom. The van der Waals surface area contributed by atoms with E-state index >= 15 is 0 Å². The standard InChI is InChI=1S/C18H17FN6O/c1-18(26)4-11(5-18)23-17-22-7-13-12(6-21-16(13)24-17)10-2-3-15-20-8-14(19)25(15)9-10/h2-3,6-9,11,26H,4-5H2,1H3,(H2,21,22,23,24). The van der Waals surface area contributed by atoms with Crippen LogP contribution in [0, 0.1) is 5.95 Å². The van der Waals surface area contributed by atoms with Crippen molar-refractivity contribution in [3.05, 3.63) is 42.9 Å². The number of imidazole rings is 1. The normalized spacial score (nSPS) is 22.7. The van der Waals surface area contributed by atoms with Gasteiger partial charge in [-0.05, 0) is 31.9 Å². The molecule has 0 spiro atoms. The molecule has 132 valence electrons. The average Bonchev–Trinajstić information content (AvgIpc) is 3.16. The smallest absolute Gasteiger partial charge is 0.224 e. The number of H-pyrrole nitrogens is 1. The Hall–Kier alpha value is -3.00. The number of rotatable bonds is 3. The van der Waals surface area contributed by atoms with Crippen LogP contribution in [0.1, 0.15) is 19.8 Å². The molecule has 26 heavy (non-hydrogen) atoms. The lowest BCUT2D eigenvalue weighted by Crippen LogP contribution is -2.48. The van der Waals surface area contributed by atoms with Gasteiger partial charge in [0.2, 0.25) is 11.9 Å². The lowest BCUT2D eigenvalue weighted by atomic mass is 9.77. The summed E-state index contributed by atoms with van der Waals surface area (Å²) >= 11 is 0. The van der Waals surface area contributed by atoms with Crippen molar-refractivity contribution in [3.63, 3.8) is 0 Å². The second-order valence-corrected chi connectivity index (χ2v) is 7.13. The number of aliphatic hydroxyl groups is 1. The zero-order chi connectivity index (χ0) is 17.9. The summed E-state index contributed by atoms with van der Waals surface area (Å²) in [5.41, 5.74) is 2.41. The third kappa shape index (κ3) is 2.41. The molecule has 1 aliphatic rings. The van der Waals surface area contributed by atoms with Crippen molar-refractivity contribution in [2.75, 3.05) is 5.32 Å². The minimum atomic E-state index is -0.595. The van der Waals surface area contributed by atoms with Crippen molar-refractivity contribution in [3.8, 4) is 11.1 Å². The molecule has 8 heteroatoms. The maximum atomic E-state index is 13.8. The molecule has 1 aliphatic carbocycles. The summed E-state index contributed by atoms with van der Waals surface area (Å²) in [6.45, 7) is 1.83. The summed E-state index contributed by atoms with van der Waals surface area (Å²) in [5.74, 6) is 0.128. The number of aromatic amines is 1. The molecular formula is C18H17FN6O. The van der Waals surface area contributed by atoms with E-state index in [1.54, 1.807) is 18.5 Å². The largest absolute Gasteiger partial charge is 0.390 e. The molecule has 4 heterocycles. The third-order valence-electron chi connectivity index (χ3n) is 4.91. The van der Waals surface area contributed by atoms with Gasteiger partial charge in [0, 0.05) is 41.1 Å². The summed E-state index contributed by atoms with van der Waals surface area (Å²) in [5, 5.41) is 13.9. The number of hydrogen-bond donors (Lipinski definition) is 3. The van der Waals surface area contributed by atoms with Gasteiger partial charge in [0.25, 0.3) is 0 Å². The maximum Gasteiger partial charge on any atom is 0.224 e. The maximum absolute atomic E-state index is 13.8. The van der Waals surface area contributed by atoms with E-state index in [9.17, 15) is 9.50 Å². The van der Waals surface area contributed by atoms with Gasteiger partial charge in [-0.3, -0.25) is 4.40 Å². The van der Waals surface area contributed by atoms with Gasteiger partial charge in [-0.15, -0.1) is 0 Å². The third-order valence-corrected chi connectivity index (χ3v) is 4.91. The fourth-order valence-electron chi connectivity index (χ4n) is 3.61. The van der Waals surface area contributed by atoms with E-state index < -0.39 is 11.5 Å². The van der Waals surface area contributed by atoms with E-state index in [0.29, 0.717) is 30.1 Å². The predicted molar refractivity (Wildman–Crippen MR) is 95.3 cm³/mol. The average molecular weight is 352 g/mol. The summed E-state index contributed by atoms with van der Waals surface area (Å²) in [6.07, 6.45) is 7.87. The molecule has 0 aromatic carbocycles. The van der Waals surface area contributed by atoms with Crippen molar-refractivity contribution >= 4 is 22.6 Å². The zero-order valence-electron chi connectivity index (χ0n) is 14.1. The summed E-state index contributed by atoms with van der Waals surface area (Å²) in [4.78, 5) is 16.0. The minimum Gasteiger partial charge on any atom is -0.390 e. The Bertz CT molecular complexity index is 1120. The summed E-state index contributed by atoms with van der Waals surface area (Å²) < 4.78 is 15.2. The van der Waals surface area contributed by atoms with Crippen molar-refractivity contribution in [1.29, 1.82) is 0 Å². The number of fused-ring (bicyclic) bond motifs is 2. The van der Waals surface area contributed by atoms with Gasteiger partial charge < -0.3 is 15.4 Å². The van der Waals surface area contributed by atoms with Crippen LogP contribution in [0.25, 0.3) is 27.8 Å². The number of nitrogens with zero attached hydrogens (tertiary/aromatic N) is 4. The van der Waals surface area contributed by atoms with Crippen LogP contribution in [0.15, 0.2) is 36.9 Å². The van der Waals surface area contributed by atoms with Crippen LogP contribution in [-0.2, 0) is 0 Å². The number of anilines is 1. The minimum absolute atomic E-state index is 0.184. The molecule has 0 bridgehead atoms. The molecule has 7 nitrogen and oxygen atoms in total. The van der Waals surface area contributed by atoms with E-state index in [0.717, 1.165) is 16.5 Å². The molecule has 0 aliphatic heterocycles. The SMILES string of the molecule is CC1(O)CC(Nc2ncc3c(-c4ccc5ncc(F)n5c4)c[nH]c3n2)C1. The van der Waals surface area contributed by atoms with Gasteiger partial charge >= 0.3 is 0 Å². The van der Waals surface area contributed by atoms with Gasteiger partial charge in [-0.2, -0.15) is 9.37 Å². The number of halogens is 1. The Morgan fingerprint density at radius 3 is 2.96 bits per heavy atom. The Kier molecular flexibility index (Phi) is 3.08. The van der Waals surface area contributed by atoms with Crippen LogP contribution in [0.4, 0.5) is 10.3 Å². The molecule has 3 N–H and O–H groups in total. The molecule has 4 aromatic rings. The van der Waals surface area contributed by atoms with Gasteiger partial charge in [-0.25, -0.2) is 9.97 Å². The van der Waals surface area contributed by atoms with E-state index in [4.69, 9.17) is 0 Å². The topological polar surface area (TPSA) is 91.1 Å². The van der Waals surface area contributed by atoms with Crippen molar-refractivity contribution in [2.45, 2.75) is 31.4 Å². The first-order chi connectivity index (χ1) is 12.5. The van der Waals surface area contributed by atoms with Crippen LogP contribution >= 0.6 is 0 Å². The summed E-state index contributed by atoms with van der Waals surface area (Å²) in [6, 6.07) is 3.85. The highest BCUT2D eigenvalue weighted by molar-refractivity contribution is 5.93. The predicted octanol–water partition coefficient (Wildman–Crippen LogP) is 2.74. The Balaban J connectivity index is 1.48. The van der Waals surface area contributed by atoms with Crippen molar-refractivity contribution < 1.29 is 9.50 Å². The van der Waals surface area contributed by atoms with Crippen LogP contribution in [0.3, 0.4) is 0 Å². The Morgan fingerprint density at radius 2 is 2.15 bits per heavy atom. The number of aromatic nitrogens is 5. The number of pyridine rings is 1. The second kappa shape index (κ2) is 5.25. The second-order valence-electron chi connectivity index (χ2n) is 7.13. The lowest BCUT2D eigenvalue weighted by Gasteiger charge is -2.41. The highest BCUT2D eigenvalue weighted by atomic mass is 19.1. The van der Waals surface area contributed by atoms with E-state index in [1.165, 1.54) is 10.6 Å².